The van der Waals surface area contributed by atoms with E-state index in [2.05, 4.69) is 0 Å². The van der Waals surface area contributed by atoms with Crippen molar-refractivity contribution in [3.63, 3.8) is 0 Å². The maximum absolute atomic E-state index is 12.9. The molecule has 2 fully saturated rings. The second-order valence-electron chi connectivity index (χ2n) is 11.7. The lowest BCUT2D eigenvalue weighted by Crippen LogP contribution is -2.57. The summed E-state index contributed by atoms with van der Waals surface area (Å²) in [6.07, 6.45) is 10.9. The number of hydrogen-bond donors (Lipinski definition) is 2. The highest BCUT2D eigenvalue weighted by Gasteiger charge is 2.56. The Bertz CT molecular complexity index is 723. The van der Waals surface area contributed by atoms with E-state index in [1.54, 1.807) is 41.5 Å². The third kappa shape index (κ3) is 10.1. The summed E-state index contributed by atoms with van der Waals surface area (Å²) in [5.41, 5.74) is 2.44. The van der Waals surface area contributed by atoms with Crippen LogP contribution in [0.4, 0.5) is 4.79 Å². The Labute approximate surface area is 205 Å². The Morgan fingerprint density at radius 3 is 1.59 bits per heavy atom. The van der Waals surface area contributed by atoms with E-state index in [0.29, 0.717) is 18.9 Å². The number of carbonyl (C=O) groups excluding carboxylic acids is 2. The Morgan fingerprint density at radius 2 is 1.24 bits per heavy atom. The van der Waals surface area contributed by atoms with Gasteiger partial charge in [-0.15, -0.1) is 4.58 Å². The number of ether oxygens (including phenoxy) is 2. The number of aliphatic carboxylic acids is 1. The van der Waals surface area contributed by atoms with Gasteiger partial charge in [-0.25, -0.2) is 9.59 Å². The number of nitrogens with zero attached hydrogens (tertiary/aromatic N) is 1. The number of amides is 1. The standard InChI is InChI=1S/C20H33NO6.C6H13N/c1-18(2,3)26-15(22)13-21(17(25)27-19(4,5)6)20(7,16(23)24)14-11-9-8-10-12-14;7-6-4-2-1-3-5-6/h13-14H,8-12H2,1-7H3;6H,1-5,7H2/p+1/t20-;/m1./s1. The summed E-state index contributed by atoms with van der Waals surface area (Å²) >= 11 is 0. The fraction of sp³-hybridized carbons (Fsp3) is 0.846. The quantitative estimate of drug-likeness (QED) is 0.326. The van der Waals surface area contributed by atoms with Crippen LogP contribution >= 0.6 is 0 Å². The van der Waals surface area contributed by atoms with E-state index in [1.165, 1.54) is 39.0 Å². The molecule has 8 nitrogen and oxygen atoms in total. The first-order valence-corrected chi connectivity index (χ1v) is 12.7. The minimum absolute atomic E-state index is 0.282. The lowest BCUT2D eigenvalue weighted by atomic mass is 9.75. The van der Waals surface area contributed by atoms with Gasteiger partial charge in [0.1, 0.15) is 11.2 Å². The fourth-order valence-electron chi connectivity index (χ4n) is 4.39. The predicted octanol–water partition coefficient (Wildman–Crippen LogP) is 5.05. The molecule has 0 unspecified atom stereocenters. The van der Waals surface area contributed by atoms with E-state index in [9.17, 15) is 19.5 Å². The monoisotopic (exact) mass is 483 g/mol. The molecule has 34 heavy (non-hydrogen) atoms. The number of rotatable bonds is 4. The fourth-order valence-corrected chi connectivity index (χ4v) is 4.39. The van der Waals surface area contributed by atoms with Crippen molar-refractivity contribution in [1.29, 1.82) is 0 Å². The highest BCUT2D eigenvalue weighted by Crippen LogP contribution is 2.35. The number of carboxylic acids is 1. The zero-order valence-electron chi connectivity index (χ0n) is 22.3. The molecular weight excluding hydrogens is 436 g/mol. The van der Waals surface area contributed by atoms with E-state index in [1.807, 2.05) is 0 Å². The third-order valence-electron chi connectivity index (χ3n) is 6.21. The Hall–Kier alpha value is -1.96. The van der Waals surface area contributed by atoms with Crippen LogP contribution in [0.1, 0.15) is 113 Å². The lowest BCUT2D eigenvalue weighted by Gasteiger charge is -2.32. The average Bonchev–Trinajstić information content (AvgIpc) is 2.70. The minimum Gasteiger partial charge on any atom is -0.476 e. The van der Waals surface area contributed by atoms with Crippen molar-refractivity contribution in [2.24, 2.45) is 11.7 Å². The van der Waals surface area contributed by atoms with Crippen molar-refractivity contribution in [1.82, 2.24) is 0 Å². The number of carbonyl (C=O) groups is 3. The van der Waals surface area contributed by atoms with Crippen LogP contribution in [0.5, 0.6) is 0 Å². The summed E-state index contributed by atoms with van der Waals surface area (Å²) in [4.78, 5) is 37.5. The lowest BCUT2D eigenvalue weighted by molar-refractivity contribution is -0.527. The average molecular weight is 484 g/mol. The van der Waals surface area contributed by atoms with E-state index in [4.69, 9.17) is 15.2 Å². The highest BCUT2D eigenvalue weighted by atomic mass is 16.6. The van der Waals surface area contributed by atoms with Crippen LogP contribution in [0.15, 0.2) is 0 Å². The molecule has 0 aliphatic heterocycles. The van der Waals surface area contributed by atoms with Crippen molar-refractivity contribution in [3.8, 4) is 0 Å². The molecule has 3 N–H and O–H groups in total. The van der Waals surface area contributed by atoms with Gasteiger partial charge in [0.25, 0.3) is 11.8 Å². The normalized spacial score (nSPS) is 20.4. The van der Waals surface area contributed by atoms with E-state index in [0.717, 1.165) is 30.1 Å². The molecule has 0 aromatic heterocycles. The molecule has 0 spiro atoms. The van der Waals surface area contributed by atoms with Gasteiger partial charge in [0, 0.05) is 18.9 Å². The summed E-state index contributed by atoms with van der Waals surface area (Å²) in [6.45, 7) is 11.7. The summed E-state index contributed by atoms with van der Waals surface area (Å²) in [5, 5.41) is 10.0. The van der Waals surface area contributed by atoms with Crippen molar-refractivity contribution in [2.45, 2.75) is 135 Å². The summed E-state index contributed by atoms with van der Waals surface area (Å²) in [6, 6.07) is 0.536. The Kier molecular flexibility index (Phi) is 11.2. The highest BCUT2D eigenvalue weighted by molar-refractivity contribution is 6.22. The van der Waals surface area contributed by atoms with Crippen LogP contribution in [-0.2, 0) is 19.1 Å². The zero-order valence-corrected chi connectivity index (χ0v) is 22.3. The minimum atomic E-state index is -1.60. The second kappa shape index (κ2) is 12.7. The van der Waals surface area contributed by atoms with Crippen LogP contribution in [0.25, 0.3) is 0 Å². The van der Waals surface area contributed by atoms with Gasteiger partial charge in [-0.3, -0.25) is 0 Å². The van der Waals surface area contributed by atoms with Gasteiger partial charge in [0.2, 0.25) is 0 Å². The molecule has 0 bridgehead atoms. The molecule has 2 aliphatic rings. The third-order valence-corrected chi connectivity index (χ3v) is 6.21. The first kappa shape index (κ1) is 30.1. The largest absolute Gasteiger partial charge is 0.598 e. The van der Waals surface area contributed by atoms with Gasteiger partial charge in [0.15, 0.2) is 0 Å². The summed E-state index contributed by atoms with van der Waals surface area (Å²) < 4.78 is 11.6. The Morgan fingerprint density at radius 1 is 0.794 bits per heavy atom. The number of carboxylic acid groups (broad SMARTS) is 1. The molecule has 0 aromatic rings. The van der Waals surface area contributed by atoms with E-state index < -0.39 is 34.8 Å². The van der Waals surface area contributed by atoms with Crippen LogP contribution in [0.2, 0.25) is 0 Å². The molecule has 1 atom stereocenters. The first-order chi connectivity index (χ1) is 15.6. The maximum Gasteiger partial charge on any atom is 0.598 e. The maximum atomic E-state index is 12.9. The molecule has 0 heterocycles. The smallest absolute Gasteiger partial charge is 0.476 e. The molecule has 2 aliphatic carbocycles. The van der Waals surface area contributed by atoms with Gasteiger partial charge in [-0.05, 0) is 67.2 Å². The molecule has 196 valence electrons. The van der Waals surface area contributed by atoms with Gasteiger partial charge >= 0.3 is 18.0 Å². The molecular formula is C26H47N2O6+. The van der Waals surface area contributed by atoms with Crippen LogP contribution in [0, 0.1) is 5.92 Å². The molecule has 2 rings (SSSR count). The molecule has 8 heteroatoms. The van der Waals surface area contributed by atoms with Crippen LogP contribution < -0.4 is 5.73 Å². The van der Waals surface area contributed by atoms with Crippen molar-refractivity contribution in [3.05, 3.63) is 0 Å². The van der Waals surface area contributed by atoms with Gasteiger partial charge < -0.3 is 20.3 Å². The van der Waals surface area contributed by atoms with E-state index >= 15 is 0 Å². The van der Waals surface area contributed by atoms with Crippen molar-refractivity contribution >= 4 is 24.2 Å². The number of esters is 1. The zero-order chi connectivity index (χ0) is 26.2. The summed E-state index contributed by atoms with van der Waals surface area (Å²) in [7, 11) is 0. The van der Waals surface area contributed by atoms with E-state index in [-0.39, 0.29) is 5.92 Å². The van der Waals surface area contributed by atoms with Crippen molar-refractivity contribution < 1.29 is 33.5 Å². The number of nitrogens with two attached hydrogens (primary N) is 1. The van der Waals surface area contributed by atoms with Crippen LogP contribution in [-0.4, -0.2) is 56.7 Å². The van der Waals surface area contributed by atoms with Gasteiger partial charge in [-0.2, -0.15) is 4.79 Å². The SMILES string of the molecule is CC(C)(C)OC(=O)C=[N+](C(=O)OC(C)(C)C)[C@@](C)(C(=O)O)C1CCCCC1.NC1CCCCC1. The Balaban J connectivity index is 0.000000700. The molecule has 2 saturated carbocycles. The van der Waals surface area contributed by atoms with Gasteiger partial charge in [0.05, 0.1) is 0 Å². The molecule has 1 amide bonds. The van der Waals surface area contributed by atoms with Crippen LogP contribution in [0.3, 0.4) is 0 Å². The number of hydrogen-bond acceptors (Lipinski definition) is 6. The predicted molar refractivity (Wildman–Crippen MR) is 132 cm³/mol. The van der Waals surface area contributed by atoms with Gasteiger partial charge in [-0.1, -0.05) is 38.5 Å². The molecule has 0 aromatic carbocycles. The first-order valence-electron chi connectivity index (χ1n) is 12.7. The second-order valence-corrected chi connectivity index (χ2v) is 11.7. The van der Waals surface area contributed by atoms with Crippen molar-refractivity contribution in [2.75, 3.05) is 0 Å². The molecule has 0 radical (unpaired) electrons. The molecule has 0 saturated heterocycles. The summed E-state index contributed by atoms with van der Waals surface area (Å²) in [5.74, 6) is -2.23. The topological polar surface area (TPSA) is 119 Å².